The number of likely N-dealkylation sites (tertiary alicyclic amines) is 2. The Labute approximate surface area is 222 Å². The highest BCUT2D eigenvalue weighted by molar-refractivity contribution is 6.07. The molecule has 0 bridgehead atoms. The van der Waals surface area contributed by atoms with Gasteiger partial charge in [0.15, 0.2) is 6.29 Å². The minimum Gasteiger partial charge on any atom is -0.349 e. The molecule has 3 fully saturated rings. The van der Waals surface area contributed by atoms with Gasteiger partial charge in [0.2, 0.25) is 0 Å². The van der Waals surface area contributed by atoms with Gasteiger partial charge in [-0.1, -0.05) is 48.5 Å². The van der Waals surface area contributed by atoms with Gasteiger partial charge in [0.1, 0.15) is 18.6 Å². The molecule has 0 spiro atoms. The van der Waals surface area contributed by atoms with Crippen LogP contribution < -0.4 is 0 Å². The summed E-state index contributed by atoms with van der Waals surface area (Å²) < 4.78 is 38.5. The molecule has 3 aromatic rings. The Kier molecular flexibility index (Phi) is 7.41. The summed E-state index contributed by atoms with van der Waals surface area (Å²) in [5, 5.41) is 2.00. The van der Waals surface area contributed by atoms with Gasteiger partial charge in [-0.2, -0.15) is 0 Å². The molecular weight excluding hydrogens is 486 g/mol. The highest BCUT2D eigenvalue weighted by atomic mass is 19.1. The third-order valence-corrected chi connectivity index (χ3v) is 8.52. The molecule has 200 valence electrons. The second-order valence-corrected chi connectivity index (χ2v) is 10.9. The molecule has 0 N–H and O–H groups in total. The standard InChI is InChI=1S/C31H34F2N2O3/c32-16-26-20-37-31(38-26)29-19-35(30(36)28-7-3-5-23-4-1-2-6-27(23)28)18-24(29)17-34-14-12-22(13-15-34)21-8-10-25(33)11-9-21/h1-11,22,24,26,29,31H,12-20H2. The van der Waals surface area contributed by atoms with E-state index in [0.29, 0.717) is 24.6 Å². The normalized spacial score (nSPS) is 26.8. The van der Waals surface area contributed by atoms with Gasteiger partial charge >= 0.3 is 0 Å². The van der Waals surface area contributed by atoms with E-state index in [1.807, 2.05) is 59.5 Å². The molecule has 7 heteroatoms. The lowest BCUT2D eigenvalue weighted by molar-refractivity contribution is -0.106. The van der Waals surface area contributed by atoms with E-state index in [-0.39, 0.29) is 30.2 Å². The maximum absolute atomic E-state index is 13.7. The van der Waals surface area contributed by atoms with E-state index in [1.165, 1.54) is 5.56 Å². The van der Waals surface area contributed by atoms with Crippen LogP contribution in [0.1, 0.15) is 34.7 Å². The van der Waals surface area contributed by atoms with Gasteiger partial charge in [0.05, 0.1) is 6.61 Å². The van der Waals surface area contributed by atoms with E-state index in [1.54, 1.807) is 12.1 Å². The fraction of sp³-hybridized carbons (Fsp3) is 0.452. The number of rotatable bonds is 6. The average Bonchev–Trinajstić information content (AvgIpc) is 3.60. The number of hydrogen-bond acceptors (Lipinski definition) is 4. The molecule has 1 amide bonds. The topological polar surface area (TPSA) is 42.0 Å². The summed E-state index contributed by atoms with van der Waals surface area (Å²) in [6.45, 7) is 3.57. The number of halogens is 2. The molecule has 3 aliphatic rings. The fourth-order valence-corrected chi connectivity index (χ4v) is 6.44. The van der Waals surface area contributed by atoms with Crippen LogP contribution in [-0.2, 0) is 9.47 Å². The lowest BCUT2D eigenvalue weighted by Crippen LogP contribution is -2.40. The summed E-state index contributed by atoms with van der Waals surface area (Å²) in [4.78, 5) is 18.1. The van der Waals surface area contributed by atoms with Gasteiger partial charge < -0.3 is 19.3 Å². The predicted octanol–water partition coefficient (Wildman–Crippen LogP) is 5.26. The number of benzene rings is 3. The monoisotopic (exact) mass is 520 g/mol. The quantitative estimate of drug-likeness (QED) is 0.445. The van der Waals surface area contributed by atoms with Crippen LogP contribution in [0.25, 0.3) is 10.8 Å². The first-order valence-electron chi connectivity index (χ1n) is 13.7. The molecule has 4 atom stereocenters. The lowest BCUT2D eigenvalue weighted by atomic mass is 9.88. The number of ether oxygens (including phenoxy) is 2. The van der Waals surface area contributed by atoms with Crippen LogP contribution in [0.3, 0.4) is 0 Å². The van der Waals surface area contributed by atoms with Crippen molar-refractivity contribution in [2.75, 3.05) is 46.0 Å². The van der Waals surface area contributed by atoms with Crippen molar-refractivity contribution in [3.63, 3.8) is 0 Å². The minimum atomic E-state index is -0.566. The van der Waals surface area contributed by atoms with Gasteiger partial charge in [-0.05, 0) is 72.3 Å². The molecule has 6 rings (SSSR count). The summed E-state index contributed by atoms with van der Waals surface area (Å²) in [5.74, 6) is 0.402. The first-order valence-corrected chi connectivity index (χ1v) is 13.7. The van der Waals surface area contributed by atoms with Crippen molar-refractivity contribution in [1.29, 1.82) is 0 Å². The van der Waals surface area contributed by atoms with Gasteiger partial charge in [-0.25, -0.2) is 8.78 Å². The maximum atomic E-state index is 13.7. The number of carbonyl (C=O) groups is 1. The Balaban J connectivity index is 1.16. The second kappa shape index (κ2) is 11.1. The molecule has 0 aromatic heterocycles. The zero-order valence-corrected chi connectivity index (χ0v) is 21.5. The highest BCUT2D eigenvalue weighted by Crippen LogP contribution is 2.36. The minimum absolute atomic E-state index is 0.0136. The molecule has 4 unspecified atom stereocenters. The molecule has 38 heavy (non-hydrogen) atoms. The van der Waals surface area contributed by atoms with Crippen LogP contribution in [0.4, 0.5) is 8.78 Å². The first kappa shape index (κ1) is 25.4. The van der Waals surface area contributed by atoms with Crippen LogP contribution in [0.2, 0.25) is 0 Å². The van der Waals surface area contributed by atoms with Crippen molar-refractivity contribution in [3.05, 3.63) is 83.7 Å². The Hall–Kier alpha value is -2.87. The summed E-state index contributed by atoms with van der Waals surface area (Å²) in [7, 11) is 0. The van der Waals surface area contributed by atoms with Gasteiger partial charge in [0, 0.05) is 31.1 Å². The Morgan fingerprint density at radius 2 is 1.71 bits per heavy atom. The predicted molar refractivity (Wildman–Crippen MR) is 142 cm³/mol. The van der Waals surface area contributed by atoms with Gasteiger partial charge in [-0.15, -0.1) is 0 Å². The summed E-state index contributed by atoms with van der Waals surface area (Å²) in [6, 6.07) is 20.7. The number of hydrogen-bond donors (Lipinski definition) is 0. The number of nitrogens with zero attached hydrogens (tertiary/aromatic N) is 2. The largest absolute Gasteiger partial charge is 0.349 e. The molecule has 0 aliphatic carbocycles. The molecule has 0 radical (unpaired) electrons. The van der Waals surface area contributed by atoms with Crippen LogP contribution in [0.5, 0.6) is 0 Å². The van der Waals surface area contributed by atoms with Gasteiger partial charge in [-0.3, -0.25) is 4.79 Å². The van der Waals surface area contributed by atoms with Crippen molar-refractivity contribution >= 4 is 16.7 Å². The van der Waals surface area contributed by atoms with E-state index < -0.39 is 19.1 Å². The van der Waals surface area contributed by atoms with E-state index in [9.17, 15) is 13.6 Å². The number of fused-ring (bicyclic) bond motifs is 1. The van der Waals surface area contributed by atoms with Crippen molar-refractivity contribution in [2.24, 2.45) is 11.8 Å². The number of carbonyl (C=O) groups excluding carboxylic acids is 1. The third-order valence-electron chi connectivity index (χ3n) is 8.52. The SMILES string of the molecule is O=C(c1cccc2ccccc12)N1CC(CN2CCC(c3ccc(F)cc3)CC2)C(C2OCC(CF)O2)C1. The van der Waals surface area contributed by atoms with Crippen LogP contribution in [0.15, 0.2) is 66.7 Å². The third kappa shape index (κ3) is 5.20. The van der Waals surface area contributed by atoms with Crippen LogP contribution in [-0.4, -0.2) is 74.1 Å². The fourth-order valence-electron chi connectivity index (χ4n) is 6.44. The maximum Gasteiger partial charge on any atom is 0.254 e. The van der Waals surface area contributed by atoms with Crippen molar-refractivity contribution in [2.45, 2.75) is 31.2 Å². The summed E-state index contributed by atoms with van der Waals surface area (Å²) in [6.07, 6.45) is 1.00. The van der Waals surface area contributed by atoms with Crippen molar-refractivity contribution < 1.29 is 23.0 Å². The molecule has 3 heterocycles. The van der Waals surface area contributed by atoms with Crippen molar-refractivity contribution in [1.82, 2.24) is 9.80 Å². The molecule has 3 aliphatic heterocycles. The zero-order valence-electron chi connectivity index (χ0n) is 21.5. The number of piperidine rings is 1. The van der Waals surface area contributed by atoms with Crippen LogP contribution in [0, 0.1) is 17.7 Å². The van der Waals surface area contributed by atoms with Gasteiger partial charge in [0.25, 0.3) is 5.91 Å². The van der Waals surface area contributed by atoms with E-state index in [0.717, 1.165) is 43.2 Å². The molecule has 5 nitrogen and oxygen atoms in total. The molecule has 3 saturated heterocycles. The molecule has 3 aromatic carbocycles. The summed E-state index contributed by atoms with van der Waals surface area (Å²) >= 11 is 0. The molecule has 0 saturated carbocycles. The van der Waals surface area contributed by atoms with E-state index in [4.69, 9.17) is 9.47 Å². The highest BCUT2D eigenvalue weighted by Gasteiger charge is 2.45. The number of alkyl halides is 1. The summed E-state index contributed by atoms with van der Waals surface area (Å²) in [5.41, 5.74) is 1.90. The Morgan fingerprint density at radius 1 is 0.947 bits per heavy atom. The Bertz CT molecular complexity index is 1260. The van der Waals surface area contributed by atoms with E-state index in [2.05, 4.69) is 4.90 Å². The van der Waals surface area contributed by atoms with Crippen LogP contribution >= 0.6 is 0 Å². The zero-order chi connectivity index (χ0) is 26.1. The molecular formula is C31H34F2N2O3. The van der Waals surface area contributed by atoms with E-state index >= 15 is 0 Å². The lowest BCUT2D eigenvalue weighted by Gasteiger charge is -2.35. The smallest absolute Gasteiger partial charge is 0.254 e. The van der Waals surface area contributed by atoms with Crippen molar-refractivity contribution in [3.8, 4) is 0 Å². The first-order chi connectivity index (χ1) is 18.6. The number of amides is 1. The average molecular weight is 521 g/mol. The Morgan fingerprint density at radius 3 is 2.47 bits per heavy atom. The second-order valence-electron chi connectivity index (χ2n) is 10.9.